The Kier molecular flexibility index (Phi) is 7.72. The van der Waals surface area contributed by atoms with E-state index in [1.54, 1.807) is 6.07 Å². The van der Waals surface area contributed by atoms with Crippen LogP contribution in [0.1, 0.15) is 5.56 Å². The van der Waals surface area contributed by atoms with Crippen molar-refractivity contribution in [3.63, 3.8) is 0 Å². The van der Waals surface area contributed by atoms with Crippen molar-refractivity contribution >= 4 is 17.4 Å². The molecule has 0 radical (unpaired) electrons. The highest BCUT2D eigenvalue weighted by molar-refractivity contribution is 6.38. The summed E-state index contributed by atoms with van der Waals surface area (Å²) in [6.07, 6.45) is 0. The SMILES string of the molecule is COCC(N)C(=NNc1ccc(OCc2ccccc2)cc1F)C(=O)OC. The van der Waals surface area contributed by atoms with E-state index in [4.69, 9.17) is 15.2 Å². The van der Waals surface area contributed by atoms with Crippen LogP contribution in [0.4, 0.5) is 10.1 Å². The maximum atomic E-state index is 14.3. The summed E-state index contributed by atoms with van der Waals surface area (Å²) in [5.41, 5.74) is 9.23. The number of benzene rings is 2. The summed E-state index contributed by atoms with van der Waals surface area (Å²) in [7, 11) is 2.65. The topological polar surface area (TPSA) is 95.2 Å². The summed E-state index contributed by atoms with van der Waals surface area (Å²) in [5, 5.41) is 3.87. The molecule has 0 spiro atoms. The maximum absolute atomic E-state index is 14.3. The van der Waals surface area contributed by atoms with Crippen LogP contribution in [0.3, 0.4) is 0 Å². The Morgan fingerprint density at radius 3 is 2.59 bits per heavy atom. The first-order valence-electron chi connectivity index (χ1n) is 8.17. The van der Waals surface area contributed by atoms with E-state index < -0.39 is 17.8 Å². The number of esters is 1. The quantitative estimate of drug-likeness (QED) is 0.397. The molecule has 1 unspecified atom stereocenters. The second-order valence-corrected chi connectivity index (χ2v) is 5.58. The van der Waals surface area contributed by atoms with Gasteiger partial charge in [-0.15, -0.1) is 0 Å². The van der Waals surface area contributed by atoms with Gasteiger partial charge in [-0.05, 0) is 17.7 Å². The van der Waals surface area contributed by atoms with Crippen LogP contribution in [-0.2, 0) is 20.9 Å². The molecule has 0 aliphatic carbocycles. The van der Waals surface area contributed by atoms with Gasteiger partial charge in [0.2, 0.25) is 0 Å². The van der Waals surface area contributed by atoms with Gasteiger partial charge < -0.3 is 19.9 Å². The first kappa shape index (κ1) is 20.3. The summed E-state index contributed by atoms with van der Waals surface area (Å²) in [5.74, 6) is -0.945. The third kappa shape index (κ3) is 6.05. The van der Waals surface area contributed by atoms with E-state index in [9.17, 15) is 9.18 Å². The van der Waals surface area contributed by atoms with Crippen LogP contribution in [0.2, 0.25) is 0 Å². The molecule has 8 heteroatoms. The minimum absolute atomic E-state index is 0.0599. The molecule has 144 valence electrons. The van der Waals surface area contributed by atoms with Gasteiger partial charge in [0.15, 0.2) is 11.5 Å². The fourth-order valence-electron chi connectivity index (χ4n) is 2.18. The predicted molar refractivity (Wildman–Crippen MR) is 100 cm³/mol. The van der Waals surface area contributed by atoms with Crippen molar-refractivity contribution in [1.82, 2.24) is 0 Å². The van der Waals surface area contributed by atoms with Crippen molar-refractivity contribution in [2.45, 2.75) is 12.6 Å². The number of halogens is 1. The van der Waals surface area contributed by atoms with E-state index in [1.807, 2.05) is 30.3 Å². The van der Waals surface area contributed by atoms with Crippen molar-refractivity contribution < 1.29 is 23.4 Å². The molecule has 1 atom stereocenters. The van der Waals surface area contributed by atoms with E-state index >= 15 is 0 Å². The van der Waals surface area contributed by atoms with Crippen LogP contribution in [-0.4, -0.2) is 38.5 Å². The molecular weight excluding hydrogens is 353 g/mol. The van der Waals surface area contributed by atoms with E-state index in [0.717, 1.165) is 5.56 Å². The molecular formula is C19H22FN3O4. The number of nitrogens with one attached hydrogen (secondary N) is 1. The van der Waals surface area contributed by atoms with E-state index in [1.165, 1.54) is 26.4 Å². The Labute approximate surface area is 156 Å². The van der Waals surface area contributed by atoms with Crippen LogP contribution in [0.25, 0.3) is 0 Å². The summed E-state index contributed by atoms with van der Waals surface area (Å²) >= 11 is 0. The van der Waals surface area contributed by atoms with Gasteiger partial charge in [-0.3, -0.25) is 5.43 Å². The Hall–Kier alpha value is -2.97. The molecule has 0 fully saturated rings. The van der Waals surface area contributed by atoms with E-state index in [0.29, 0.717) is 12.4 Å². The van der Waals surface area contributed by atoms with Crippen LogP contribution in [0.15, 0.2) is 53.6 Å². The average Bonchev–Trinajstić information content (AvgIpc) is 2.68. The zero-order valence-electron chi connectivity index (χ0n) is 15.1. The molecule has 2 aromatic carbocycles. The summed E-state index contributed by atoms with van der Waals surface area (Å²) in [4.78, 5) is 11.8. The number of anilines is 1. The lowest BCUT2D eigenvalue weighted by Gasteiger charge is -2.13. The lowest BCUT2D eigenvalue weighted by atomic mass is 10.2. The second-order valence-electron chi connectivity index (χ2n) is 5.58. The van der Waals surface area contributed by atoms with Crippen molar-refractivity contribution in [1.29, 1.82) is 0 Å². The molecule has 0 amide bonds. The largest absolute Gasteiger partial charge is 0.489 e. The minimum Gasteiger partial charge on any atom is -0.489 e. The van der Waals surface area contributed by atoms with Gasteiger partial charge in [0, 0.05) is 13.2 Å². The molecule has 2 rings (SSSR count). The van der Waals surface area contributed by atoms with Gasteiger partial charge in [0.25, 0.3) is 0 Å². The zero-order chi connectivity index (χ0) is 19.6. The standard InChI is InChI=1S/C19H22FN3O4/c1-25-12-16(21)18(19(24)26-2)23-22-17-9-8-14(10-15(17)20)27-11-13-6-4-3-5-7-13/h3-10,16,22H,11-12,21H2,1-2H3. The zero-order valence-corrected chi connectivity index (χ0v) is 15.1. The normalized spacial score (nSPS) is 12.4. The first-order chi connectivity index (χ1) is 13.0. The lowest BCUT2D eigenvalue weighted by Crippen LogP contribution is -2.40. The van der Waals surface area contributed by atoms with Gasteiger partial charge in [-0.1, -0.05) is 30.3 Å². The first-order valence-corrected chi connectivity index (χ1v) is 8.17. The number of hydrogen-bond acceptors (Lipinski definition) is 7. The minimum atomic E-state index is -0.813. The number of nitrogens with two attached hydrogens (primary N) is 1. The second kappa shape index (κ2) is 10.2. The molecule has 0 bridgehead atoms. The van der Waals surface area contributed by atoms with E-state index in [-0.39, 0.29) is 18.0 Å². The molecule has 0 aliphatic rings. The molecule has 0 aliphatic heterocycles. The Morgan fingerprint density at radius 2 is 1.96 bits per heavy atom. The van der Waals surface area contributed by atoms with Crippen LogP contribution in [0, 0.1) is 5.82 Å². The highest BCUT2D eigenvalue weighted by Crippen LogP contribution is 2.21. The van der Waals surface area contributed by atoms with Crippen LogP contribution in [0.5, 0.6) is 5.75 Å². The van der Waals surface area contributed by atoms with Gasteiger partial charge in [0.1, 0.15) is 12.4 Å². The summed E-state index contributed by atoms with van der Waals surface area (Å²) < 4.78 is 29.4. The molecule has 0 aromatic heterocycles. The van der Waals surface area contributed by atoms with Crippen molar-refractivity contribution in [2.24, 2.45) is 10.8 Å². The smallest absolute Gasteiger partial charge is 0.355 e. The number of methoxy groups -OCH3 is 2. The molecule has 27 heavy (non-hydrogen) atoms. The molecule has 2 aromatic rings. The molecule has 0 saturated carbocycles. The van der Waals surface area contributed by atoms with Crippen LogP contribution < -0.4 is 15.9 Å². The summed E-state index contributed by atoms with van der Waals surface area (Å²) in [6.45, 7) is 0.383. The number of carbonyl (C=O) groups excluding carboxylic acids is 1. The average molecular weight is 375 g/mol. The highest BCUT2D eigenvalue weighted by Gasteiger charge is 2.21. The van der Waals surface area contributed by atoms with Gasteiger partial charge in [-0.2, -0.15) is 5.10 Å². The Morgan fingerprint density at radius 1 is 1.22 bits per heavy atom. The number of carbonyl (C=O) groups is 1. The molecule has 3 N–H and O–H groups in total. The van der Waals surface area contributed by atoms with Gasteiger partial charge in [-0.25, -0.2) is 9.18 Å². The number of hydrazone groups is 1. The number of rotatable bonds is 9. The maximum Gasteiger partial charge on any atom is 0.355 e. The third-order valence-corrected chi connectivity index (χ3v) is 3.58. The number of ether oxygens (including phenoxy) is 3. The van der Waals surface area contributed by atoms with Crippen molar-refractivity contribution in [3.8, 4) is 5.75 Å². The van der Waals surface area contributed by atoms with Crippen molar-refractivity contribution in [3.05, 3.63) is 59.9 Å². The Balaban J connectivity index is 2.06. The predicted octanol–water partition coefficient (Wildman–Crippen LogP) is 2.32. The molecule has 7 nitrogen and oxygen atoms in total. The lowest BCUT2D eigenvalue weighted by molar-refractivity contribution is -0.133. The Bertz CT molecular complexity index is 784. The number of nitrogens with zero attached hydrogens (tertiary/aromatic N) is 1. The summed E-state index contributed by atoms with van der Waals surface area (Å²) in [6, 6.07) is 13.0. The van der Waals surface area contributed by atoms with Crippen molar-refractivity contribution in [2.75, 3.05) is 26.3 Å². The van der Waals surface area contributed by atoms with Gasteiger partial charge in [0.05, 0.1) is 25.4 Å². The van der Waals surface area contributed by atoms with Crippen LogP contribution >= 0.6 is 0 Å². The fourth-order valence-corrected chi connectivity index (χ4v) is 2.18. The van der Waals surface area contributed by atoms with E-state index in [2.05, 4.69) is 15.3 Å². The highest BCUT2D eigenvalue weighted by atomic mass is 19.1. The monoisotopic (exact) mass is 375 g/mol. The fraction of sp³-hybridized carbons (Fsp3) is 0.263. The number of hydrogen-bond donors (Lipinski definition) is 2. The van der Waals surface area contributed by atoms with Gasteiger partial charge >= 0.3 is 5.97 Å². The third-order valence-electron chi connectivity index (χ3n) is 3.58. The molecule has 0 saturated heterocycles. The molecule has 0 heterocycles.